The fourth-order valence-electron chi connectivity index (χ4n) is 3.11. The Hall–Kier alpha value is -3.00. The zero-order valence-electron chi connectivity index (χ0n) is 15.4. The van der Waals surface area contributed by atoms with Gasteiger partial charge in [-0.05, 0) is 36.4 Å². The Bertz CT molecular complexity index is 901. The molecular formula is C20H20N4O3S. The maximum Gasteiger partial charge on any atom is 0.244 e. The lowest BCUT2D eigenvalue weighted by molar-refractivity contribution is -0.128. The van der Waals surface area contributed by atoms with Crippen LogP contribution in [-0.2, 0) is 9.59 Å². The lowest BCUT2D eigenvalue weighted by atomic mass is 10.2. The number of anilines is 2. The SMILES string of the molecule is COc1ccc(N2CN=C3S[C@@H](CC(=O)Nc4ccccc4)C(=O)N3C2)cc1. The van der Waals surface area contributed by atoms with E-state index in [1.807, 2.05) is 59.5 Å². The van der Waals surface area contributed by atoms with Gasteiger partial charge < -0.3 is 15.0 Å². The summed E-state index contributed by atoms with van der Waals surface area (Å²) in [6.45, 7) is 0.898. The molecule has 0 spiro atoms. The number of carbonyl (C=O) groups excluding carboxylic acids is 2. The largest absolute Gasteiger partial charge is 0.497 e. The molecule has 0 radical (unpaired) electrons. The second-order valence-corrected chi connectivity index (χ2v) is 7.62. The third kappa shape index (κ3) is 3.82. The van der Waals surface area contributed by atoms with Crippen LogP contribution in [0.2, 0.25) is 0 Å². The molecule has 0 aliphatic carbocycles. The first kappa shape index (κ1) is 18.4. The Morgan fingerprint density at radius 3 is 2.68 bits per heavy atom. The van der Waals surface area contributed by atoms with Crippen LogP contribution >= 0.6 is 11.8 Å². The number of fused-ring (bicyclic) bond motifs is 1. The Labute approximate surface area is 167 Å². The molecule has 2 aliphatic rings. The fraction of sp³-hybridized carbons (Fsp3) is 0.250. The molecule has 2 amide bonds. The van der Waals surface area contributed by atoms with E-state index in [-0.39, 0.29) is 18.2 Å². The number of rotatable bonds is 5. The van der Waals surface area contributed by atoms with Crippen molar-refractivity contribution in [2.24, 2.45) is 4.99 Å². The van der Waals surface area contributed by atoms with Crippen LogP contribution in [0, 0.1) is 0 Å². The van der Waals surface area contributed by atoms with Crippen LogP contribution in [0.3, 0.4) is 0 Å². The van der Waals surface area contributed by atoms with Crippen LogP contribution in [0.15, 0.2) is 59.6 Å². The summed E-state index contributed by atoms with van der Waals surface area (Å²) in [5.41, 5.74) is 1.69. The minimum Gasteiger partial charge on any atom is -0.497 e. The molecule has 7 nitrogen and oxygen atoms in total. The number of thioether (sulfide) groups is 1. The summed E-state index contributed by atoms with van der Waals surface area (Å²) in [6.07, 6.45) is 0.121. The number of carbonyl (C=O) groups is 2. The average Bonchev–Trinajstić information content (AvgIpc) is 3.03. The Morgan fingerprint density at radius 2 is 1.96 bits per heavy atom. The predicted octanol–water partition coefficient (Wildman–Crippen LogP) is 2.76. The molecule has 0 unspecified atom stereocenters. The number of para-hydroxylation sites is 1. The summed E-state index contributed by atoms with van der Waals surface area (Å²) in [5.74, 6) is 0.525. The molecule has 8 heteroatoms. The number of methoxy groups -OCH3 is 1. The molecule has 1 saturated heterocycles. The maximum absolute atomic E-state index is 12.8. The Balaban J connectivity index is 1.39. The Morgan fingerprint density at radius 1 is 1.21 bits per heavy atom. The molecule has 1 N–H and O–H groups in total. The van der Waals surface area contributed by atoms with Gasteiger partial charge in [-0.25, -0.2) is 4.99 Å². The van der Waals surface area contributed by atoms with E-state index < -0.39 is 5.25 Å². The number of benzene rings is 2. The second kappa shape index (κ2) is 7.93. The van der Waals surface area contributed by atoms with Gasteiger partial charge in [-0.15, -0.1) is 0 Å². The van der Waals surface area contributed by atoms with Crippen molar-refractivity contribution >= 4 is 40.1 Å². The summed E-state index contributed by atoms with van der Waals surface area (Å²) in [5, 5.41) is 3.07. The van der Waals surface area contributed by atoms with Crippen molar-refractivity contribution in [2.45, 2.75) is 11.7 Å². The van der Waals surface area contributed by atoms with E-state index in [0.29, 0.717) is 18.5 Å². The van der Waals surface area contributed by atoms with Gasteiger partial charge >= 0.3 is 0 Å². The maximum atomic E-state index is 12.8. The molecule has 28 heavy (non-hydrogen) atoms. The quantitative estimate of drug-likeness (QED) is 0.841. The number of amidine groups is 1. The summed E-state index contributed by atoms with van der Waals surface area (Å²) < 4.78 is 5.18. The molecule has 2 heterocycles. The topological polar surface area (TPSA) is 74.2 Å². The highest BCUT2D eigenvalue weighted by Crippen LogP contribution is 2.33. The van der Waals surface area contributed by atoms with Gasteiger partial charge in [-0.1, -0.05) is 30.0 Å². The first-order chi connectivity index (χ1) is 13.6. The monoisotopic (exact) mass is 396 g/mol. The predicted molar refractivity (Wildman–Crippen MR) is 111 cm³/mol. The standard InChI is InChI=1S/C20H20N4O3S/c1-27-16-9-7-15(8-10-16)23-12-21-20-24(13-23)19(26)17(28-20)11-18(25)22-14-5-3-2-4-6-14/h2-10,17H,11-13H2,1H3,(H,22,25)/t17-/m0/s1. The summed E-state index contributed by atoms with van der Waals surface area (Å²) in [7, 11) is 1.63. The van der Waals surface area contributed by atoms with Crippen molar-refractivity contribution < 1.29 is 14.3 Å². The van der Waals surface area contributed by atoms with Crippen molar-refractivity contribution in [3.63, 3.8) is 0 Å². The molecule has 1 fully saturated rings. The van der Waals surface area contributed by atoms with Gasteiger partial charge in [0.1, 0.15) is 24.3 Å². The van der Waals surface area contributed by atoms with Crippen LogP contribution in [0.25, 0.3) is 0 Å². The van der Waals surface area contributed by atoms with E-state index >= 15 is 0 Å². The van der Waals surface area contributed by atoms with Crippen LogP contribution in [0.1, 0.15) is 6.42 Å². The number of amides is 2. The summed E-state index contributed by atoms with van der Waals surface area (Å²) in [6, 6.07) is 16.9. The zero-order valence-corrected chi connectivity index (χ0v) is 16.2. The molecular weight excluding hydrogens is 376 g/mol. The minimum absolute atomic E-state index is 0.0785. The van der Waals surface area contributed by atoms with Gasteiger partial charge in [0.2, 0.25) is 11.8 Å². The van der Waals surface area contributed by atoms with Crippen molar-refractivity contribution in [3.8, 4) is 5.75 Å². The van der Waals surface area contributed by atoms with Gasteiger partial charge in [-0.3, -0.25) is 14.5 Å². The Kier molecular flexibility index (Phi) is 5.21. The van der Waals surface area contributed by atoms with Crippen molar-refractivity contribution in [3.05, 3.63) is 54.6 Å². The lowest BCUT2D eigenvalue weighted by Gasteiger charge is -2.32. The first-order valence-electron chi connectivity index (χ1n) is 8.90. The molecule has 2 aromatic carbocycles. The highest BCUT2D eigenvalue weighted by Gasteiger charge is 2.41. The van der Waals surface area contributed by atoms with Gasteiger partial charge in [0, 0.05) is 17.8 Å². The van der Waals surface area contributed by atoms with E-state index in [9.17, 15) is 9.59 Å². The van der Waals surface area contributed by atoms with E-state index in [1.54, 1.807) is 12.0 Å². The number of ether oxygens (including phenoxy) is 1. The van der Waals surface area contributed by atoms with Gasteiger partial charge in [-0.2, -0.15) is 0 Å². The summed E-state index contributed by atoms with van der Waals surface area (Å²) in [4.78, 5) is 33.3. The normalized spacial score (nSPS) is 18.5. The van der Waals surface area contributed by atoms with Crippen LogP contribution in [0.5, 0.6) is 5.75 Å². The van der Waals surface area contributed by atoms with Gasteiger partial charge in [0.25, 0.3) is 0 Å². The number of aliphatic imine (C=N–C) groups is 1. The van der Waals surface area contributed by atoms with E-state index in [2.05, 4.69) is 10.3 Å². The van der Waals surface area contributed by atoms with Crippen molar-refractivity contribution in [2.75, 3.05) is 30.7 Å². The van der Waals surface area contributed by atoms with Gasteiger partial charge in [0.05, 0.1) is 7.11 Å². The molecule has 2 aromatic rings. The zero-order chi connectivity index (χ0) is 19.5. The third-order valence-corrected chi connectivity index (χ3v) is 5.79. The number of hydrogen-bond acceptors (Lipinski definition) is 6. The van der Waals surface area contributed by atoms with E-state index in [4.69, 9.17) is 4.74 Å². The molecule has 0 saturated carbocycles. The van der Waals surface area contributed by atoms with Crippen molar-refractivity contribution in [1.82, 2.24) is 4.90 Å². The minimum atomic E-state index is -0.446. The second-order valence-electron chi connectivity index (χ2n) is 6.45. The van der Waals surface area contributed by atoms with Crippen LogP contribution < -0.4 is 15.0 Å². The number of nitrogens with zero attached hydrogens (tertiary/aromatic N) is 3. The van der Waals surface area contributed by atoms with E-state index in [1.165, 1.54) is 11.8 Å². The lowest BCUT2D eigenvalue weighted by Crippen LogP contribution is -2.46. The molecule has 2 aliphatic heterocycles. The van der Waals surface area contributed by atoms with Crippen LogP contribution in [-0.4, -0.2) is 47.6 Å². The third-order valence-electron chi connectivity index (χ3n) is 4.57. The molecule has 0 aromatic heterocycles. The fourth-order valence-corrected chi connectivity index (χ4v) is 4.24. The number of nitrogens with one attached hydrogen (secondary N) is 1. The average molecular weight is 396 g/mol. The van der Waals surface area contributed by atoms with Gasteiger partial charge in [0.15, 0.2) is 5.17 Å². The molecule has 0 bridgehead atoms. The highest BCUT2D eigenvalue weighted by atomic mass is 32.2. The van der Waals surface area contributed by atoms with Crippen molar-refractivity contribution in [1.29, 1.82) is 0 Å². The first-order valence-corrected chi connectivity index (χ1v) is 9.78. The van der Waals surface area contributed by atoms with E-state index in [0.717, 1.165) is 17.1 Å². The number of hydrogen-bond donors (Lipinski definition) is 1. The summed E-state index contributed by atoms with van der Waals surface area (Å²) >= 11 is 1.36. The molecule has 1 atom stereocenters. The highest BCUT2D eigenvalue weighted by molar-refractivity contribution is 8.15. The molecule has 4 rings (SSSR count). The van der Waals surface area contributed by atoms with Crippen LogP contribution in [0.4, 0.5) is 11.4 Å². The smallest absolute Gasteiger partial charge is 0.244 e. The molecule has 144 valence electrons.